The van der Waals surface area contributed by atoms with Crippen molar-refractivity contribution < 1.29 is 13.2 Å². The molecule has 0 saturated heterocycles. The summed E-state index contributed by atoms with van der Waals surface area (Å²) in [5.74, 6) is -0.151. The van der Waals surface area contributed by atoms with Gasteiger partial charge in [-0.05, 0) is 42.7 Å². The van der Waals surface area contributed by atoms with Crippen molar-refractivity contribution in [3.8, 4) is 6.07 Å². The van der Waals surface area contributed by atoms with Gasteiger partial charge in [-0.2, -0.15) is 5.26 Å². The quantitative estimate of drug-likeness (QED) is 0.718. The first-order valence-electron chi connectivity index (χ1n) is 8.71. The molecule has 0 spiro atoms. The minimum atomic E-state index is -3.40. The molecule has 2 aromatic carbocycles. The van der Waals surface area contributed by atoms with Crippen molar-refractivity contribution in [2.75, 3.05) is 23.7 Å². The van der Waals surface area contributed by atoms with Crippen LogP contribution in [0.1, 0.15) is 24.5 Å². The third kappa shape index (κ3) is 6.85. The van der Waals surface area contributed by atoms with Gasteiger partial charge in [-0.25, -0.2) is 13.1 Å². The highest BCUT2D eigenvalue weighted by atomic mass is 32.2. The highest BCUT2D eigenvalue weighted by Gasteiger charge is 2.14. The number of benzene rings is 2. The summed E-state index contributed by atoms with van der Waals surface area (Å²) in [6.45, 7) is 1.78. The summed E-state index contributed by atoms with van der Waals surface area (Å²) < 4.78 is 26.8. The van der Waals surface area contributed by atoms with Crippen LogP contribution in [0.15, 0.2) is 54.6 Å². The summed E-state index contributed by atoms with van der Waals surface area (Å²) in [5.41, 5.74) is 2.24. The molecule has 0 radical (unpaired) electrons. The second-order valence-electron chi connectivity index (χ2n) is 6.13. The van der Waals surface area contributed by atoms with Crippen LogP contribution in [0.25, 0.3) is 0 Å². The predicted molar refractivity (Wildman–Crippen MR) is 106 cm³/mol. The Kier molecular flexibility index (Phi) is 7.53. The zero-order valence-electron chi connectivity index (χ0n) is 15.3. The first-order chi connectivity index (χ1) is 12.9. The predicted octanol–water partition coefficient (Wildman–Crippen LogP) is 2.46. The maximum absolute atomic E-state index is 12.1. The van der Waals surface area contributed by atoms with Gasteiger partial charge in [-0.1, -0.05) is 30.3 Å². The van der Waals surface area contributed by atoms with E-state index in [1.165, 1.54) is 11.8 Å². The van der Waals surface area contributed by atoms with Crippen LogP contribution in [0.2, 0.25) is 0 Å². The molecule has 2 rings (SSSR count). The number of sulfonamides is 1. The molecular weight excluding hydrogens is 362 g/mol. The van der Waals surface area contributed by atoms with Gasteiger partial charge in [0, 0.05) is 25.7 Å². The Hall–Kier alpha value is -2.69. The van der Waals surface area contributed by atoms with E-state index in [2.05, 4.69) is 4.72 Å². The third-order valence-corrected chi connectivity index (χ3v) is 5.54. The van der Waals surface area contributed by atoms with Gasteiger partial charge in [0.15, 0.2) is 0 Å². The molecule has 0 aromatic heterocycles. The number of aryl methyl sites for hydroxylation is 1. The van der Waals surface area contributed by atoms with Gasteiger partial charge in [-0.15, -0.1) is 0 Å². The third-order valence-electron chi connectivity index (χ3n) is 4.07. The Labute approximate surface area is 160 Å². The van der Waals surface area contributed by atoms with Crippen molar-refractivity contribution in [1.82, 2.24) is 4.72 Å². The van der Waals surface area contributed by atoms with E-state index in [-0.39, 0.29) is 24.7 Å². The fraction of sp³-hybridized carbons (Fsp3) is 0.300. The summed E-state index contributed by atoms with van der Waals surface area (Å²) in [6.07, 6.45) is 1.23. The summed E-state index contributed by atoms with van der Waals surface area (Å²) in [7, 11) is -3.40. The van der Waals surface area contributed by atoms with E-state index in [9.17, 15) is 13.2 Å². The molecule has 0 fully saturated rings. The molecule has 0 aliphatic heterocycles. The van der Waals surface area contributed by atoms with Gasteiger partial charge in [-0.3, -0.25) is 4.79 Å². The lowest BCUT2D eigenvalue weighted by atomic mass is 10.1. The molecule has 2 aromatic rings. The summed E-state index contributed by atoms with van der Waals surface area (Å²) in [5, 5.41) is 8.84. The molecule has 7 heteroatoms. The molecule has 0 heterocycles. The Bertz CT molecular complexity index is 888. The van der Waals surface area contributed by atoms with Crippen molar-refractivity contribution in [2.24, 2.45) is 0 Å². The molecule has 0 unspecified atom stereocenters. The van der Waals surface area contributed by atoms with Crippen LogP contribution in [0.5, 0.6) is 0 Å². The Morgan fingerprint density at radius 3 is 2.37 bits per heavy atom. The van der Waals surface area contributed by atoms with Crippen molar-refractivity contribution in [1.29, 1.82) is 5.26 Å². The SMILES string of the molecule is CC(=O)N(CCNS(=O)(=O)CCCc1ccccc1)c1ccc(C#N)cc1. The van der Waals surface area contributed by atoms with Gasteiger partial charge in [0.1, 0.15) is 0 Å². The van der Waals surface area contributed by atoms with E-state index in [1.807, 2.05) is 36.4 Å². The van der Waals surface area contributed by atoms with Crippen molar-refractivity contribution >= 4 is 21.6 Å². The number of anilines is 1. The molecule has 142 valence electrons. The maximum atomic E-state index is 12.1. The van der Waals surface area contributed by atoms with E-state index in [1.54, 1.807) is 24.3 Å². The first kappa shape index (κ1) is 20.6. The molecule has 0 aliphatic carbocycles. The maximum Gasteiger partial charge on any atom is 0.223 e. The number of carbonyl (C=O) groups is 1. The minimum absolute atomic E-state index is 0.0405. The van der Waals surface area contributed by atoms with Gasteiger partial charge in [0.05, 0.1) is 17.4 Å². The molecule has 1 N–H and O–H groups in total. The van der Waals surface area contributed by atoms with Crippen molar-refractivity contribution in [3.63, 3.8) is 0 Å². The van der Waals surface area contributed by atoms with E-state index in [4.69, 9.17) is 5.26 Å². The van der Waals surface area contributed by atoms with E-state index in [0.717, 1.165) is 5.56 Å². The van der Waals surface area contributed by atoms with E-state index >= 15 is 0 Å². The van der Waals surface area contributed by atoms with Crippen molar-refractivity contribution in [2.45, 2.75) is 19.8 Å². The minimum Gasteiger partial charge on any atom is -0.311 e. The van der Waals surface area contributed by atoms with Crippen LogP contribution in [0.3, 0.4) is 0 Å². The molecule has 0 saturated carbocycles. The average molecular weight is 385 g/mol. The monoisotopic (exact) mass is 385 g/mol. The number of nitrogens with zero attached hydrogens (tertiary/aromatic N) is 2. The number of rotatable bonds is 9. The summed E-state index contributed by atoms with van der Waals surface area (Å²) in [6, 6.07) is 18.4. The largest absolute Gasteiger partial charge is 0.311 e. The molecule has 27 heavy (non-hydrogen) atoms. The van der Waals surface area contributed by atoms with Gasteiger partial charge in [0.25, 0.3) is 0 Å². The van der Waals surface area contributed by atoms with Crippen molar-refractivity contribution in [3.05, 3.63) is 65.7 Å². The molecular formula is C20H23N3O3S. The lowest BCUT2D eigenvalue weighted by Gasteiger charge is -2.21. The zero-order valence-corrected chi connectivity index (χ0v) is 16.1. The highest BCUT2D eigenvalue weighted by molar-refractivity contribution is 7.89. The van der Waals surface area contributed by atoms with Crippen LogP contribution in [-0.4, -0.2) is 33.2 Å². The lowest BCUT2D eigenvalue weighted by molar-refractivity contribution is -0.116. The molecule has 1 amide bonds. The van der Waals surface area contributed by atoms with Gasteiger partial charge in [0.2, 0.25) is 15.9 Å². The Morgan fingerprint density at radius 1 is 1.11 bits per heavy atom. The molecule has 6 nitrogen and oxygen atoms in total. The zero-order chi connectivity index (χ0) is 19.7. The van der Waals surface area contributed by atoms with Crippen LogP contribution >= 0.6 is 0 Å². The molecule has 0 atom stereocenters. The van der Waals surface area contributed by atoms with Crippen LogP contribution in [0.4, 0.5) is 5.69 Å². The molecule has 0 bridgehead atoms. The van der Waals surface area contributed by atoms with Crippen LogP contribution < -0.4 is 9.62 Å². The second kappa shape index (κ2) is 9.86. The van der Waals surface area contributed by atoms with E-state index < -0.39 is 10.0 Å². The number of carbonyl (C=O) groups excluding carboxylic acids is 1. The summed E-state index contributed by atoms with van der Waals surface area (Å²) >= 11 is 0. The average Bonchev–Trinajstić information content (AvgIpc) is 2.66. The van der Waals surface area contributed by atoms with Gasteiger partial charge < -0.3 is 4.90 Å². The Balaban J connectivity index is 1.84. The number of hydrogen-bond acceptors (Lipinski definition) is 4. The summed E-state index contributed by atoms with van der Waals surface area (Å²) in [4.78, 5) is 13.3. The highest BCUT2D eigenvalue weighted by Crippen LogP contribution is 2.15. The lowest BCUT2D eigenvalue weighted by Crippen LogP contribution is -2.38. The number of hydrogen-bond donors (Lipinski definition) is 1. The topological polar surface area (TPSA) is 90.3 Å². The Morgan fingerprint density at radius 2 is 1.78 bits per heavy atom. The smallest absolute Gasteiger partial charge is 0.223 e. The second-order valence-corrected chi connectivity index (χ2v) is 8.06. The number of nitrogens with one attached hydrogen (secondary N) is 1. The number of nitriles is 1. The van der Waals surface area contributed by atoms with Crippen LogP contribution in [-0.2, 0) is 21.2 Å². The fourth-order valence-electron chi connectivity index (χ4n) is 2.68. The molecule has 0 aliphatic rings. The normalized spacial score (nSPS) is 11.0. The first-order valence-corrected chi connectivity index (χ1v) is 10.4. The number of amides is 1. The van der Waals surface area contributed by atoms with Gasteiger partial charge >= 0.3 is 0 Å². The fourth-order valence-corrected chi connectivity index (χ4v) is 3.75. The van der Waals surface area contributed by atoms with E-state index in [0.29, 0.717) is 24.1 Å². The standard InChI is InChI=1S/C20H23N3O3S/c1-17(24)23(20-11-9-19(16-21)10-12-20)14-13-22-27(25,26)15-5-8-18-6-3-2-4-7-18/h2-4,6-7,9-12,22H,5,8,13-15H2,1H3. The van der Waals surface area contributed by atoms with Crippen LogP contribution in [0, 0.1) is 11.3 Å².